The third kappa shape index (κ3) is 3.32. The predicted molar refractivity (Wildman–Crippen MR) is 74.4 cm³/mol. The summed E-state index contributed by atoms with van der Waals surface area (Å²) in [4.78, 5) is 0. The van der Waals surface area contributed by atoms with Crippen LogP contribution < -0.4 is 5.73 Å². The smallest absolute Gasteiger partial charge is 0.00109 e. The van der Waals surface area contributed by atoms with Gasteiger partial charge in [-0.15, -0.1) is 0 Å². The standard InChI is InChI=1S/C16H25N/c1-13(12-17)15-9-6-10-16(11-15)14-7-4-2-3-5-8-14/h6,9-11,13-14H,2-5,7-8,12,17H2,1H3. The van der Waals surface area contributed by atoms with Crippen LogP contribution in [0.15, 0.2) is 24.3 Å². The second-order valence-electron chi connectivity index (χ2n) is 5.50. The van der Waals surface area contributed by atoms with Gasteiger partial charge in [0.2, 0.25) is 0 Å². The maximum atomic E-state index is 5.76. The van der Waals surface area contributed by atoms with Crippen molar-refractivity contribution < 1.29 is 0 Å². The molecular formula is C16H25N. The summed E-state index contributed by atoms with van der Waals surface area (Å²) in [5, 5.41) is 0. The van der Waals surface area contributed by atoms with E-state index in [0.717, 1.165) is 12.5 Å². The van der Waals surface area contributed by atoms with Crippen molar-refractivity contribution in [2.45, 2.75) is 57.3 Å². The molecule has 0 radical (unpaired) electrons. The Hall–Kier alpha value is -0.820. The van der Waals surface area contributed by atoms with Crippen LogP contribution in [-0.4, -0.2) is 6.54 Å². The molecule has 1 heteroatoms. The third-order valence-corrected chi connectivity index (χ3v) is 4.16. The Morgan fingerprint density at radius 2 is 1.88 bits per heavy atom. The second-order valence-corrected chi connectivity index (χ2v) is 5.50. The number of nitrogens with two attached hydrogens (primary N) is 1. The van der Waals surface area contributed by atoms with Crippen LogP contribution in [0.2, 0.25) is 0 Å². The summed E-state index contributed by atoms with van der Waals surface area (Å²) >= 11 is 0. The normalized spacial score (nSPS) is 19.9. The molecule has 2 N–H and O–H groups in total. The van der Waals surface area contributed by atoms with Crippen LogP contribution >= 0.6 is 0 Å². The van der Waals surface area contributed by atoms with E-state index in [1.165, 1.54) is 44.1 Å². The SMILES string of the molecule is CC(CN)c1cccc(C2CCCCCC2)c1. The molecule has 1 aromatic carbocycles. The van der Waals surface area contributed by atoms with Crippen LogP contribution in [0.4, 0.5) is 0 Å². The molecule has 1 nitrogen and oxygen atoms in total. The Morgan fingerprint density at radius 1 is 1.18 bits per heavy atom. The van der Waals surface area contributed by atoms with Crippen molar-refractivity contribution >= 4 is 0 Å². The molecule has 1 aliphatic carbocycles. The molecule has 2 rings (SSSR count). The van der Waals surface area contributed by atoms with Crippen molar-refractivity contribution in [1.82, 2.24) is 0 Å². The predicted octanol–water partition coefficient (Wildman–Crippen LogP) is 4.19. The molecule has 0 spiro atoms. The van der Waals surface area contributed by atoms with E-state index in [4.69, 9.17) is 5.73 Å². The minimum atomic E-state index is 0.487. The summed E-state index contributed by atoms with van der Waals surface area (Å²) in [7, 11) is 0. The van der Waals surface area contributed by atoms with Gasteiger partial charge in [-0.05, 0) is 42.3 Å². The van der Waals surface area contributed by atoms with E-state index in [0.29, 0.717) is 5.92 Å². The first-order chi connectivity index (χ1) is 8.31. The minimum Gasteiger partial charge on any atom is -0.330 e. The van der Waals surface area contributed by atoms with Crippen LogP contribution in [0.1, 0.15) is 68.4 Å². The fraction of sp³-hybridized carbons (Fsp3) is 0.625. The summed E-state index contributed by atoms with van der Waals surface area (Å²) < 4.78 is 0. The van der Waals surface area contributed by atoms with E-state index in [-0.39, 0.29) is 0 Å². The molecule has 1 fully saturated rings. The maximum absolute atomic E-state index is 5.76. The maximum Gasteiger partial charge on any atom is -0.00109 e. The Morgan fingerprint density at radius 3 is 2.53 bits per heavy atom. The van der Waals surface area contributed by atoms with Crippen LogP contribution in [0.25, 0.3) is 0 Å². The van der Waals surface area contributed by atoms with Crippen molar-refractivity contribution in [1.29, 1.82) is 0 Å². The average Bonchev–Trinajstić information content (AvgIpc) is 2.67. The van der Waals surface area contributed by atoms with Crippen LogP contribution in [0.5, 0.6) is 0 Å². The van der Waals surface area contributed by atoms with Gasteiger partial charge < -0.3 is 5.73 Å². The molecule has 1 aliphatic rings. The molecule has 1 unspecified atom stereocenters. The van der Waals surface area contributed by atoms with Crippen LogP contribution in [0, 0.1) is 0 Å². The van der Waals surface area contributed by atoms with Gasteiger partial charge in [0.1, 0.15) is 0 Å². The summed E-state index contributed by atoms with van der Waals surface area (Å²) in [5.41, 5.74) is 8.71. The number of hydrogen-bond acceptors (Lipinski definition) is 1. The van der Waals surface area contributed by atoms with E-state index in [1.807, 2.05) is 0 Å². The molecule has 94 valence electrons. The topological polar surface area (TPSA) is 26.0 Å². The van der Waals surface area contributed by atoms with Gasteiger partial charge in [-0.2, -0.15) is 0 Å². The zero-order valence-electron chi connectivity index (χ0n) is 11.0. The molecule has 0 heterocycles. The van der Waals surface area contributed by atoms with Crippen LogP contribution in [0.3, 0.4) is 0 Å². The van der Waals surface area contributed by atoms with Gasteiger partial charge in [0, 0.05) is 0 Å². The van der Waals surface area contributed by atoms with Crippen molar-refractivity contribution in [2.24, 2.45) is 5.73 Å². The lowest BCUT2D eigenvalue weighted by atomic mass is 9.89. The van der Waals surface area contributed by atoms with Crippen molar-refractivity contribution in [3.8, 4) is 0 Å². The summed E-state index contributed by atoms with van der Waals surface area (Å²) in [6, 6.07) is 9.13. The van der Waals surface area contributed by atoms with Gasteiger partial charge >= 0.3 is 0 Å². The second kappa shape index (κ2) is 6.20. The molecule has 0 bridgehead atoms. The summed E-state index contributed by atoms with van der Waals surface area (Å²) in [6.07, 6.45) is 8.41. The molecule has 0 amide bonds. The van der Waals surface area contributed by atoms with Gasteiger partial charge in [0.25, 0.3) is 0 Å². The third-order valence-electron chi connectivity index (χ3n) is 4.16. The quantitative estimate of drug-likeness (QED) is 0.776. The van der Waals surface area contributed by atoms with E-state index < -0.39 is 0 Å². The highest BCUT2D eigenvalue weighted by molar-refractivity contribution is 5.29. The number of hydrogen-bond donors (Lipinski definition) is 1. The van der Waals surface area contributed by atoms with Gasteiger partial charge in [-0.25, -0.2) is 0 Å². The van der Waals surface area contributed by atoms with Gasteiger partial charge in [-0.1, -0.05) is 56.9 Å². The highest BCUT2D eigenvalue weighted by Crippen LogP contribution is 2.32. The lowest BCUT2D eigenvalue weighted by molar-refractivity contribution is 0.591. The minimum absolute atomic E-state index is 0.487. The molecule has 0 saturated heterocycles. The van der Waals surface area contributed by atoms with E-state index >= 15 is 0 Å². The molecule has 1 aromatic rings. The number of rotatable bonds is 3. The van der Waals surface area contributed by atoms with Crippen molar-refractivity contribution in [3.05, 3.63) is 35.4 Å². The lowest BCUT2D eigenvalue weighted by Crippen LogP contribution is -2.09. The molecule has 0 aliphatic heterocycles. The first-order valence-electron chi connectivity index (χ1n) is 7.11. The largest absolute Gasteiger partial charge is 0.330 e. The fourth-order valence-electron chi connectivity index (χ4n) is 2.87. The fourth-order valence-corrected chi connectivity index (χ4v) is 2.87. The molecular weight excluding hydrogens is 206 g/mol. The van der Waals surface area contributed by atoms with E-state index in [2.05, 4.69) is 31.2 Å². The van der Waals surface area contributed by atoms with Gasteiger partial charge in [-0.3, -0.25) is 0 Å². The zero-order chi connectivity index (χ0) is 12.1. The monoisotopic (exact) mass is 231 g/mol. The number of benzene rings is 1. The van der Waals surface area contributed by atoms with E-state index in [1.54, 1.807) is 5.56 Å². The van der Waals surface area contributed by atoms with Crippen molar-refractivity contribution in [2.75, 3.05) is 6.54 Å². The summed E-state index contributed by atoms with van der Waals surface area (Å²) in [5.74, 6) is 1.28. The van der Waals surface area contributed by atoms with Crippen molar-refractivity contribution in [3.63, 3.8) is 0 Å². The Labute approximate surface area is 105 Å². The molecule has 0 aromatic heterocycles. The van der Waals surface area contributed by atoms with E-state index in [9.17, 15) is 0 Å². The lowest BCUT2D eigenvalue weighted by Gasteiger charge is -2.17. The first kappa shape index (κ1) is 12.6. The molecule has 17 heavy (non-hydrogen) atoms. The Kier molecular flexibility index (Phi) is 4.61. The van der Waals surface area contributed by atoms with Gasteiger partial charge in [0.05, 0.1) is 0 Å². The van der Waals surface area contributed by atoms with Crippen LogP contribution in [-0.2, 0) is 0 Å². The molecule has 1 atom stereocenters. The average molecular weight is 231 g/mol. The highest BCUT2D eigenvalue weighted by atomic mass is 14.5. The first-order valence-corrected chi connectivity index (χ1v) is 7.11. The highest BCUT2D eigenvalue weighted by Gasteiger charge is 2.15. The molecule has 1 saturated carbocycles. The van der Waals surface area contributed by atoms with Gasteiger partial charge in [0.15, 0.2) is 0 Å². The Bertz CT molecular complexity index is 337. The Balaban J connectivity index is 2.13. The summed E-state index contributed by atoms with van der Waals surface area (Å²) in [6.45, 7) is 2.96. The zero-order valence-corrected chi connectivity index (χ0v) is 11.0.